The fourth-order valence-corrected chi connectivity index (χ4v) is 3.19. The Labute approximate surface area is 141 Å². The second-order valence-corrected chi connectivity index (χ2v) is 6.42. The molecule has 0 saturated carbocycles. The van der Waals surface area contributed by atoms with E-state index in [0.29, 0.717) is 22.8 Å². The summed E-state index contributed by atoms with van der Waals surface area (Å²) in [6.45, 7) is 4.05. The summed E-state index contributed by atoms with van der Waals surface area (Å²) in [5.41, 5.74) is 2.10. The maximum atomic E-state index is 12.0. The zero-order valence-corrected chi connectivity index (χ0v) is 14.0. The minimum Gasteiger partial charge on any atom is -0.305 e. The van der Waals surface area contributed by atoms with Crippen LogP contribution in [0.1, 0.15) is 29.8 Å². The summed E-state index contributed by atoms with van der Waals surface area (Å²) in [5, 5.41) is 16.1. The predicted molar refractivity (Wildman–Crippen MR) is 92.4 cm³/mol. The maximum absolute atomic E-state index is 12.0. The molecule has 0 saturated heterocycles. The smallest absolute Gasteiger partial charge is 0.272 e. The molecule has 24 heavy (non-hydrogen) atoms. The number of fused-ring (bicyclic) bond motifs is 1. The van der Waals surface area contributed by atoms with E-state index in [9.17, 15) is 14.9 Å². The van der Waals surface area contributed by atoms with E-state index >= 15 is 0 Å². The summed E-state index contributed by atoms with van der Waals surface area (Å²) in [6, 6.07) is 6.58. The second kappa shape index (κ2) is 6.50. The van der Waals surface area contributed by atoms with Crippen molar-refractivity contribution in [1.82, 2.24) is 14.7 Å². The van der Waals surface area contributed by atoms with Gasteiger partial charge in [-0.3, -0.25) is 19.3 Å². The summed E-state index contributed by atoms with van der Waals surface area (Å²) < 4.78 is 1.50. The Morgan fingerprint density at radius 3 is 2.96 bits per heavy atom. The molecule has 0 aliphatic carbocycles. The van der Waals surface area contributed by atoms with E-state index in [2.05, 4.69) is 10.3 Å². The van der Waals surface area contributed by atoms with Crippen LogP contribution in [0, 0.1) is 17.0 Å². The lowest BCUT2D eigenvalue weighted by Gasteiger charge is -2.14. The Hall–Kier alpha value is -2.58. The van der Waals surface area contributed by atoms with E-state index in [1.165, 1.54) is 21.8 Å². The molecule has 0 bridgehead atoms. The highest BCUT2D eigenvalue weighted by Gasteiger charge is 2.14. The van der Waals surface area contributed by atoms with Crippen molar-refractivity contribution in [3.05, 3.63) is 73.1 Å². The standard InChI is InChI=1S/C16H16N4O3S/c1-10-3-4-12(7-14(10)20(22)23)11(2)17-9-13-8-15(21)19-5-6-24-16(19)18-13/h3-8,11,17H,9H2,1-2H3. The fraction of sp³-hybridized carbons (Fsp3) is 0.250. The van der Waals surface area contributed by atoms with E-state index in [-0.39, 0.29) is 22.2 Å². The first-order valence-corrected chi connectivity index (χ1v) is 8.28. The molecule has 1 N–H and O–H groups in total. The first-order chi connectivity index (χ1) is 11.5. The van der Waals surface area contributed by atoms with E-state index < -0.39 is 0 Å². The van der Waals surface area contributed by atoms with Crippen molar-refractivity contribution in [2.24, 2.45) is 0 Å². The van der Waals surface area contributed by atoms with Crippen molar-refractivity contribution in [2.75, 3.05) is 0 Å². The number of aryl methyl sites for hydroxylation is 1. The monoisotopic (exact) mass is 344 g/mol. The number of nitrogens with zero attached hydrogens (tertiary/aromatic N) is 3. The van der Waals surface area contributed by atoms with E-state index in [4.69, 9.17) is 0 Å². The number of aromatic nitrogens is 2. The van der Waals surface area contributed by atoms with Crippen molar-refractivity contribution < 1.29 is 4.92 Å². The molecule has 3 rings (SSSR count). The summed E-state index contributed by atoms with van der Waals surface area (Å²) >= 11 is 1.40. The maximum Gasteiger partial charge on any atom is 0.272 e. The average Bonchev–Trinajstić information content (AvgIpc) is 3.02. The molecule has 7 nitrogen and oxygen atoms in total. The molecule has 1 unspecified atom stereocenters. The summed E-state index contributed by atoms with van der Waals surface area (Å²) in [5.74, 6) is 0. The zero-order valence-electron chi connectivity index (χ0n) is 13.2. The van der Waals surface area contributed by atoms with Crippen LogP contribution in [0.4, 0.5) is 5.69 Å². The highest BCUT2D eigenvalue weighted by Crippen LogP contribution is 2.23. The third-order valence-electron chi connectivity index (χ3n) is 3.88. The topological polar surface area (TPSA) is 89.5 Å². The molecule has 0 radical (unpaired) electrons. The molecule has 3 aromatic rings. The van der Waals surface area contributed by atoms with Gasteiger partial charge in [-0.15, -0.1) is 11.3 Å². The number of nitro groups is 1. The number of hydrogen-bond acceptors (Lipinski definition) is 6. The third-order valence-corrected chi connectivity index (χ3v) is 4.63. The van der Waals surface area contributed by atoms with Crippen molar-refractivity contribution >= 4 is 22.0 Å². The van der Waals surface area contributed by atoms with Gasteiger partial charge in [0.1, 0.15) is 0 Å². The first kappa shape index (κ1) is 16.3. The molecule has 8 heteroatoms. The molecule has 0 spiro atoms. The Morgan fingerprint density at radius 2 is 2.21 bits per heavy atom. The highest BCUT2D eigenvalue weighted by molar-refractivity contribution is 7.15. The highest BCUT2D eigenvalue weighted by atomic mass is 32.1. The van der Waals surface area contributed by atoms with Crippen LogP contribution in [0.3, 0.4) is 0 Å². The van der Waals surface area contributed by atoms with Gasteiger partial charge in [-0.2, -0.15) is 0 Å². The van der Waals surface area contributed by atoms with Crippen LogP contribution < -0.4 is 10.9 Å². The summed E-state index contributed by atoms with van der Waals surface area (Å²) in [4.78, 5) is 27.7. The Balaban J connectivity index is 1.77. The van der Waals surface area contributed by atoms with E-state index in [1.807, 2.05) is 18.4 Å². The van der Waals surface area contributed by atoms with Gasteiger partial charge in [0, 0.05) is 41.9 Å². The number of hydrogen-bond donors (Lipinski definition) is 1. The summed E-state index contributed by atoms with van der Waals surface area (Å²) in [6.07, 6.45) is 1.70. The SMILES string of the molecule is Cc1ccc(C(C)NCc2cc(=O)n3ccsc3n2)cc1[N+](=O)[O-]. The zero-order chi connectivity index (χ0) is 17.3. The lowest BCUT2D eigenvalue weighted by Crippen LogP contribution is -2.21. The Bertz CT molecular complexity index is 963. The number of thiazole rings is 1. The number of rotatable bonds is 5. The molecule has 0 fully saturated rings. The van der Waals surface area contributed by atoms with Crippen LogP contribution in [0.25, 0.3) is 4.96 Å². The lowest BCUT2D eigenvalue weighted by molar-refractivity contribution is -0.385. The van der Waals surface area contributed by atoms with Crippen LogP contribution in [0.15, 0.2) is 40.6 Å². The molecule has 1 atom stereocenters. The van der Waals surface area contributed by atoms with Crippen LogP contribution in [-0.4, -0.2) is 14.3 Å². The van der Waals surface area contributed by atoms with Crippen LogP contribution in [0.2, 0.25) is 0 Å². The molecule has 2 aromatic heterocycles. The normalized spacial score (nSPS) is 12.4. The Kier molecular flexibility index (Phi) is 4.41. The molecule has 124 valence electrons. The quantitative estimate of drug-likeness (QED) is 0.568. The summed E-state index contributed by atoms with van der Waals surface area (Å²) in [7, 11) is 0. The third kappa shape index (κ3) is 3.19. The van der Waals surface area contributed by atoms with Crippen LogP contribution >= 0.6 is 11.3 Å². The number of nitro benzene ring substituents is 1. The first-order valence-electron chi connectivity index (χ1n) is 7.40. The van der Waals surface area contributed by atoms with Gasteiger partial charge in [0.2, 0.25) is 0 Å². The van der Waals surface area contributed by atoms with Crippen molar-refractivity contribution in [2.45, 2.75) is 26.4 Å². The van der Waals surface area contributed by atoms with Gasteiger partial charge < -0.3 is 5.32 Å². The van der Waals surface area contributed by atoms with Gasteiger partial charge in [-0.05, 0) is 19.4 Å². The van der Waals surface area contributed by atoms with Crippen molar-refractivity contribution in [3.63, 3.8) is 0 Å². The molecule has 0 amide bonds. The van der Waals surface area contributed by atoms with E-state index in [0.717, 1.165) is 5.56 Å². The van der Waals surface area contributed by atoms with Gasteiger partial charge in [0.05, 0.1) is 10.6 Å². The molecular weight excluding hydrogens is 328 g/mol. The largest absolute Gasteiger partial charge is 0.305 e. The minimum absolute atomic E-state index is 0.104. The van der Waals surface area contributed by atoms with Crippen molar-refractivity contribution in [1.29, 1.82) is 0 Å². The van der Waals surface area contributed by atoms with Crippen LogP contribution in [-0.2, 0) is 6.54 Å². The van der Waals surface area contributed by atoms with Crippen molar-refractivity contribution in [3.8, 4) is 0 Å². The van der Waals surface area contributed by atoms with Gasteiger partial charge >= 0.3 is 0 Å². The fourth-order valence-electron chi connectivity index (χ4n) is 2.45. The molecule has 2 heterocycles. The minimum atomic E-state index is -0.376. The Morgan fingerprint density at radius 1 is 1.42 bits per heavy atom. The van der Waals surface area contributed by atoms with Crippen LogP contribution in [0.5, 0.6) is 0 Å². The van der Waals surface area contributed by atoms with Gasteiger partial charge in [0.25, 0.3) is 11.2 Å². The van der Waals surface area contributed by atoms with Gasteiger partial charge in [0.15, 0.2) is 4.96 Å². The average molecular weight is 344 g/mol. The van der Waals surface area contributed by atoms with E-state index in [1.54, 1.807) is 25.3 Å². The molecule has 0 aliphatic heterocycles. The molecule has 1 aromatic carbocycles. The van der Waals surface area contributed by atoms with Gasteiger partial charge in [-0.1, -0.05) is 12.1 Å². The number of nitrogens with one attached hydrogen (secondary N) is 1. The molecule has 0 aliphatic rings. The predicted octanol–water partition coefficient (Wildman–Crippen LogP) is 2.82. The number of benzene rings is 1. The molecular formula is C16H16N4O3S. The lowest BCUT2D eigenvalue weighted by atomic mass is 10.0. The van der Waals surface area contributed by atoms with Gasteiger partial charge in [-0.25, -0.2) is 4.98 Å². The second-order valence-electron chi connectivity index (χ2n) is 5.55.